The average molecular weight is 305 g/mol. The number of alkyl halides is 3. The summed E-state index contributed by atoms with van der Waals surface area (Å²) < 4.78 is 51.7. The lowest BCUT2D eigenvalue weighted by Crippen LogP contribution is -2.12. The molecule has 0 aliphatic heterocycles. The fourth-order valence-corrected chi connectivity index (χ4v) is 2.04. The van der Waals surface area contributed by atoms with Gasteiger partial charge in [-0.15, -0.1) is 0 Å². The zero-order valence-electron chi connectivity index (χ0n) is 9.96. The van der Waals surface area contributed by atoms with Gasteiger partial charge in [0.1, 0.15) is 11.9 Å². The van der Waals surface area contributed by atoms with Gasteiger partial charge in [-0.1, -0.05) is 35.9 Å². The largest absolute Gasteiger partial charge is 0.416 e. The highest BCUT2D eigenvalue weighted by molar-refractivity contribution is 6.30. The Kier molecular flexibility index (Phi) is 4.01. The molecule has 2 aromatic rings. The molecule has 1 atom stereocenters. The first-order valence-corrected chi connectivity index (χ1v) is 5.97. The van der Waals surface area contributed by atoms with E-state index in [-0.39, 0.29) is 16.1 Å². The minimum atomic E-state index is -4.58. The lowest BCUT2D eigenvalue weighted by Gasteiger charge is -2.18. The summed E-state index contributed by atoms with van der Waals surface area (Å²) in [6.45, 7) is 0. The molecule has 0 radical (unpaired) electrons. The minimum absolute atomic E-state index is 0.0908. The van der Waals surface area contributed by atoms with E-state index in [1.165, 1.54) is 24.3 Å². The first-order valence-electron chi connectivity index (χ1n) is 5.60. The van der Waals surface area contributed by atoms with Gasteiger partial charge in [0, 0.05) is 0 Å². The Balaban J connectivity index is 2.48. The molecule has 106 valence electrons. The van der Waals surface area contributed by atoms with Crippen molar-refractivity contribution in [3.05, 3.63) is 70.0 Å². The van der Waals surface area contributed by atoms with Gasteiger partial charge in [0.05, 0.1) is 10.6 Å². The maximum atomic E-state index is 13.0. The van der Waals surface area contributed by atoms with Gasteiger partial charge >= 0.3 is 6.18 Å². The molecule has 0 saturated carbocycles. The third-order valence-electron chi connectivity index (χ3n) is 2.82. The van der Waals surface area contributed by atoms with Gasteiger partial charge in [-0.05, 0) is 29.3 Å². The zero-order chi connectivity index (χ0) is 14.9. The number of hydrogen-bond acceptors (Lipinski definition) is 1. The molecule has 0 aromatic heterocycles. The molecule has 6 heteroatoms. The molecular weight excluding hydrogens is 296 g/mol. The van der Waals surface area contributed by atoms with Crippen LogP contribution in [0.25, 0.3) is 0 Å². The second kappa shape index (κ2) is 5.42. The maximum Gasteiger partial charge on any atom is 0.416 e. The number of aliphatic hydroxyl groups is 1. The topological polar surface area (TPSA) is 20.2 Å². The second-order valence-corrected chi connectivity index (χ2v) is 4.57. The van der Waals surface area contributed by atoms with Crippen molar-refractivity contribution in [3.63, 3.8) is 0 Å². The molecule has 0 amide bonds. The smallest absolute Gasteiger partial charge is 0.384 e. The SMILES string of the molecule is OC(c1ccc(F)c(Cl)c1)c1ccccc1C(F)(F)F. The van der Waals surface area contributed by atoms with Gasteiger partial charge in [-0.3, -0.25) is 0 Å². The Bertz CT molecular complexity index is 625. The van der Waals surface area contributed by atoms with Gasteiger partial charge in [0.15, 0.2) is 0 Å². The predicted octanol–water partition coefficient (Wildman–Crippen LogP) is 4.58. The van der Waals surface area contributed by atoms with Crippen molar-refractivity contribution in [2.24, 2.45) is 0 Å². The van der Waals surface area contributed by atoms with Crippen molar-refractivity contribution < 1.29 is 22.7 Å². The molecule has 0 spiro atoms. The standard InChI is InChI=1S/C14H9ClF4O/c15-11-7-8(5-6-12(11)16)13(20)9-3-1-2-4-10(9)14(17,18)19/h1-7,13,20H. The van der Waals surface area contributed by atoms with E-state index in [1.807, 2.05) is 0 Å². The van der Waals surface area contributed by atoms with Crippen molar-refractivity contribution in [1.29, 1.82) is 0 Å². The lowest BCUT2D eigenvalue weighted by molar-refractivity contribution is -0.139. The summed E-state index contributed by atoms with van der Waals surface area (Å²) in [6, 6.07) is 7.97. The Hall–Kier alpha value is -1.59. The second-order valence-electron chi connectivity index (χ2n) is 4.16. The van der Waals surface area contributed by atoms with Gasteiger partial charge in [0.25, 0.3) is 0 Å². The number of rotatable bonds is 2. The van der Waals surface area contributed by atoms with E-state index in [2.05, 4.69) is 0 Å². The summed E-state index contributed by atoms with van der Waals surface area (Å²) in [5.41, 5.74) is -1.15. The molecule has 0 aliphatic rings. The van der Waals surface area contributed by atoms with E-state index >= 15 is 0 Å². The van der Waals surface area contributed by atoms with E-state index in [0.29, 0.717) is 0 Å². The van der Waals surface area contributed by atoms with E-state index in [1.54, 1.807) is 0 Å². The molecule has 2 rings (SSSR count). The van der Waals surface area contributed by atoms with E-state index in [0.717, 1.165) is 18.2 Å². The number of benzene rings is 2. The molecular formula is C14H9ClF4O. The molecule has 0 bridgehead atoms. The van der Waals surface area contributed by atoms with Crippen LogP contribution >= 0.6 is 11.6 Å². The number of hydrogen-bond donors (Lipinski definition) is 1. The van der Waals surface area contributed by atoms with Gasteiger partial charge in [0.2, 0.25) is 0 Å². The predicted molar refractivity (Wildman–Crippen MR) is 66.9 cm³/mol. The molecule has 0 aliphatic carbocycles. The normalized spacial score (nSPS) is 13.3. The highest BCUT2D eigenvalue weighted by Crippen LogP contribution is 2.36. The van der Waals surface area contributed by atoms with Crippen LogP contribution in [0, 0.1) is 5.82 Å². The monoisotopic (exact) mass is 304 g/mol. The zero-order valence-corrected chi connectivity index (χ0v) is 10.7. The van der Waals surface area contributed by atoms with Gasteiger partial charge in [-0.2, -0.15) is 13.2 Å². The summed E-state index contributed by atoms with van der Waals surface area (Å²) in [4.78, 5) is 0. The van der Waals surface area contributed by atoms with Crippen LogP contribution in [0.4, 0.5) is 17.6 Å². The van der Waals surface area contributed by atoms with Crippen LogP contribution in [0.3, 0.4) is 0 Å². The highest BCUT2D eigenvalue weighted by atomic mass is 35.5. The molecule has 0 heterocycles. The van der Waals surface area contributed by atoms with E-state index in [9.17, 15) is 22.7 Å². The first kappa shape index (κ1) is 14.8. The van der Waals surface area contributed by atoms with Crippen LogP contribution in [0.15, 0.2) is 42.5 Å². The van der Waals surface area contributed by atoms with E-state index < -0.39 is 23.7 Å². The summed E-state index contributed by atoms with van der Waals surface area (Å²) in [5.74, 6) is -0.702. The summed E-state index contributed by atoms with van der Waals surface area (Å²) in [7, 11) is 0. The summed E-state index contributed by atoms with van der Waals surface area (Å²) >= 11 is 5.57. The average Bonchev–Trinajstić information content (AvgIpc) is 2.40. The Morgan fingerprint density at radius 2 is 1.70 bits per heavy atom. The van der Waals surface area contributed by atoms with Crippen LogP contribution in [0.5, 0.6) is 0 Å². The van der Waals surface area contributed by atoms with Crippen molar-refractivity contribution in [1.82, 2.24) is 0 Å². The summed E-state index contributed by atoms with van der Waals surface area (Å²) in [5, 5.41) is 9.81. The van der Waals surface area contributed by atoms with Crippen molar-refractivity contribution >= 4 is 11.6 Å². The quantitative estimate of drug-likeness (QED) is 0.805. The highest BCUT2D eigenvalue weighted by Gasteiger charge is 2.34. The molecule has 20 heavy (non-hydrogen) atoms. The van der Waals surface area contributed by atoms with Crippen molar-refractivity contribution in [2.75, 3.05) is 0 Å². The molecule has 1 N–H and O–H groups in total. The molecule has 0 fully saturated rings. The Labute approximate surface area is 117 Å². The van der Waals surface area contributed by atoms with Gasteiger partial charge < -0.3 is 5.11 Å². The molecule has 1 nitrogen and oxygen atoms in total. The Morgan fingerprint density at radius 1 is 1.05 bits per heavy atom. The fraction of sp³-hybridized carbons (Fsp3) is 0.143. The van der Waals surface area contributed by atoms with Crippen LogP contribution in [0.2, 0.25) is 5.02 Å². The molecule has 2 aromatic carbocycles. The Morgan fingerprint density at radius 3 is 2.30 bits per heavy atom. The third-order valence-corrected chi connectivity index (χ3v) is 3.11. The van der Waals surface area contributed by atoms with Crippen molar-refractivity contribution in [2.45, 2.75) is 12.3 Å². The third kappa shape index (κ3) is 2.94. The van der Waals surface area contributed by atoms with Crippen LogP contribution in [-0.2, 0) is 6.18 Å². The van der Waals surface area contributed by atoms with Crippen LogP contribution in [0.1, 0.15) is 22.8 Å². The molecule has 0 saturated heterocycles. The van der Waals surface area contributed by atoms with E-state index in [4.69, 9.17) is 11.6 Å². The molecule has 1 unspecified atom stereocenters. The minimum Gasteiger partial charge on any atom is -0.384 e. The van der Waals surface area contributed by atoms with Gasteiger partial charge in [-0.25, -0.2) is 4.39 Å². The lowest BCUT2D eigenvalue weighted by atomic mass is 9.96. The summed E-state index contributed by atoms with van der Waals surface area (Å²) in [6.07, 6.45) is -6.12. The van der Waals surface area contributed by atoms with Crippen molar-refractivity contribution in [3.8, 4) is 0 Å². The van der Waals surface area contributed by atoms with Crippen LogP contribution in [-0.4, -0.2) is 5.11 Å². The maximum absolute atomic E-state index is 13.0. The van der Waals surface area contributed by atoms with Crippen LogP contribution < -0.4 is 0 Å². The first-order chi connectivity index (χ1) is 9.30. The number of aliphatic hydroxyl groups excluding tert-OH is 1. The number of halogens is 5. The fourth-order valence-electron chi connectivity index (χ4n) is 1.86.